The van der Waals surface area contributed by atoms with Gasteiger partial charge in [0.25, 0.3) is 0 Å². The number of nitrogens with zero attached hydrogens (tertiary/aromatic N) is 2. The molecule has 0 atom stereocenters. The van der Waals surface area contributed by atoms with Gasteiger partial charge in [-0.3, -0.25) is 9.78 Å². The van der Waals surface area contributed by atoms with Gasteiger partial charge in [0.15, 0.2) is 0 Å². The van der Waals surface area contributed by atoms with Crippen molar-refractivity contribution in [2.75, 3.05) is 0 Å². The summed E-state index contributed by atoms with van der Waals surface area (Å²) in [6.45, 7) is 0. The molecule has 5 heteroatoms. The number of pyridine rings is 1. The molecule has 1 N–H and O–H groups in total. The van der Waals surface area contributed by atoms with Crippen molar-refractivity contribution in [1.29, 1.82) is 0 Å². The molecule has 0 aromatic carbocycles. The van der Waals surface area contributed by atoms with E-state index < -0.39 is 5.97 Å². The van der Waals surface area contributed by atoms with Crippen molar-refractivity contribution in [2.24, 2.45) is 0 Å². The van der Waals surface area contributed by atoms with Crippen LogP contribution in [-0.2, 0) is 11.2 Å². The van der Waals surface area contributed by atoms with Crippen molar-refractivity contribution in [2.45, 2.75) is 6.42 Å². The highest BCUT2D eigenvalue weighted by Gasteiger charge is 2.09. The molecule has 0 fully saturated rings. The molecule has 0 amide bonds. The third kappa shape index (κ3) is 2.01. The van der Waals surface area contributed by atoms with Crippen molar-refractivity contribution in [1.82, 2.24) is 10.1 Å². The summed E-state index contributed by atoms with van der Waals surface area (Å²) in [5, 5.41) is 12.3. The lowest BCUT2D eigenvalue weighted by Gasteiger charge is -2.03. The monoisotopic (exact) mass is 204 g/mol. The fourth-order valence-corrected chi connectivity index (χ4v) is 1.35. The maximum Gasteiger partial charge on any atom is 0.307 e. The Kier molecular flexibility index (Phi) is 2.45. The van der Waals surface area contributed by atoms with Gasteiger partial charge in [-0.05, 0) is 17.2 Å². The Morgan fingerprint density at radius 1 is 1.47 bits per heavy atom. The molecule has 15 heavy (non-hydrogen) atoms. The van der Waals surface area contributed by atoms with Crippen LogP contribution in [-0.4, -0.2) is 21.2 Å². The predicted octanol–water partition coefficient (Wildman–Crippen LogP) is 1.36. The quantitative estimate of drug-likeness (QED) is 0.816. The predicted molar refractivity (Wildman–Crippen MR) is 51.1 cm³/mol. The zero-order valence-corrected chi connectivity index (χ0v) is 7.75. The van der Waals surface area contributed by atoms with E-state index in [2.05, 4.69) is 10.1 Å². The van der Waals surface area contributed by atoms with Crippen LogP contribution in [0.2, 0.25) is 0 Å². The number of aromatic nitrogens is 2. The molecule has 0 aliphatic heterocycles. The van der Waals surface area contributed by atoms with Gasteiger partial charge in [-0.1, -0.05) is 5.16 Å². The minimum atomic E-state index is -0.888. The summed E-state index contributed by atoms with van der Waals surface area (Å²) < 4.78 is 4.71. The lowest BCUT2D eigenvalue weighted by Crippen LogP contribution is -2.02. The molecular formula is C10H8N2O3. The maximum absolute atomic E-state index is 10.6. The summed E-state index contributed by atoms with van der Waals surface area (Å²) in [6.07, 6.45) is 6.10. The molecule has 5 nitrogen and oxygen atoms in total. The Hall–Kier alpha value is -2.17. The first-order chi connectivity index (χ1) is 7.27. The molecule has 0 bridgehead atoms. The molecule has 76 valence electrons. The molecule has 0 saturated carbocycles. The fraction of sp³-hybridized carbons (Fsp3) is 0.100. The normalized spacial score (nSPS) is 10.1. The van der Waals surface area contributed by atoms with E-state index in [1.807, 2.05) is 0 Å². The first-order valence-corrected chi connectivity index (χ1v) is 4.32. The topological polar surface area (TPSA) is 76.2 Å². The summed E-state index contributed by atoms with van der Waals surface area (Å²) in [7, 11) is 0. The second-order valence-corrected chi connectivity index (χ2v) is 3.02. The molecule has 0 unspecified atom stereocenters. The number of rotatable bonds is 3. The highest BCUT2D eigenvalue weighted by molar-refractivity contribution is 5.75. The van der Waals surface area contributed by atoms with Crippen molar-refractivity contribution in [3.63, 3.8) is 0 Å². The van der Waals surface area contributed by atoms with Gasteiger partial charge in [-0.2, -0.15) is 0 Å². The summed E-state index contributed by atoms with van der Waals surface area (Å²) in [6, 6.07) is 1.74. The summed E-state index contributed by atoms with van der Waals surface area (Å²) in [4.78, 5) is 14.5. The van der Waals surface area contributed by atoms with E-state index >= 15 is 0 Å². The highest BCUT2D eigenvalue weighted by Crippen LogP contribution is 2.22. The number of aliphatic carboxylic acids is 1. The second kappa shape index (κ2) is 3.91. The minimum Gasteiger partial charge on any atom is -0.481 e. The third-order valence-electron chi connectivity index (χ3n) is 1.99. The van der Waals surface area contributed by atoms with Crippen LogP contribution in [0.3, 0.4) is 0 Å². The Labute approximate surface area is 85.4 Å². The molecule has 0 radical (unpaired) electrons. The van der Waals surface area contributed by atoms with Crippen LogP contribution < -0.4 is 0 Å². The molecule has 2 rings (SSSR count). The average molecular weight is 204 g/mol. The van der Waals surface area contributed by atoms with E-state index in [-0.39, 0.29) is 6.42 Å². The Balaban J connectivity index is 2.42. The Morgan fingerprint density at radius 3 is 3.00 bits per heavy atom. The van der Waals surface area contributed by atoms with Crippen molar-refractivity contribution < 1.29 is 14.4 Å². The van der Waals surface area contributed by atoms with E-state index in [1.54, 1.807) is 18.5 Å². The molecule has 0 aliphatic carbocycles. The van der Waals surface area contributed by atoms with Gasteiger partial charge in [-0.15, -0.1) is 0 Å². The SMILES string of the molecule is O=C(O)Cc1cnccc1-c1cnoc1. The van der Waals surface area contributed by atoms with E-state index in [1.165, 1.54) is 12.5 Å². The van der Waals surface area contributed by atoms with Gasteiger partial charge in [0.05, 0.1) is 12.6 Å². The summed E-state index contributed by atoms with van der Waals surface area (Å²) in [5.74, 6) is -0.888. The smallest absolute Gasteiger partial charge is 0.307 e. The van der Waals surface area contributed by atoms with Gasteiger partial charge in [0, 0.05) is 18.0 Å². The van der Waals surface area contributed by atoms with Gasteiger partial charge < -0.3 is 9.63 Å². The van der Waals surface area contributed by atoms with Gasteiger partial charge >= 0.3 is 5.97 Å². The first-order valence-electron chi connectivity index (χ1n) is 4.32. The third-order valence-corrected chi connectivity index (χ3v) is 1.99. The number of hydrogen-bond donors (Lipinski definition) is 1. The number of carbonyl (C=O) groups is 1. The highest BCUT2D eigenvalue weighted by atomic mass is 16.5. The number of carboxylic acid groups (broad SMARTS) is 1. The average Bonchev–Trinajstić information content (AvgIpc) is 2.70. The molecular weight excluding hydrogens is 196 g/mol. The fourth-order valence-electron chi connectivity index (χ4n) is 1.35. The van der Waals surface area contributed by atoms with Crippen LogP contribution in [0.1, 0.15) is 5.56 Å². The largest absolute Gasteiger partial charge is 0.481 e. The summed E-state index contributed by atoms with van der Waals surface area (Å²) in [5.41, 5.74) is 2.19. The maximum atomic E-state index is 10.6. The Bertz CT molecular complexity index is 465. The van der Waals surface area contributed by atoms with Gasteiger partial charge in [-0.25, -0.2) is 0 Å². The van der Waals surface area contributed by atoms with Gasteiger partial charge in [0.1, 0.15) is 6.26 Å². The van der Waals surface area contributed by atoms with Crippen LogP contribution in [0.5, 0.6) is 0 Å². The first kappa shape index (κ1) is 9.39. The standard InChI is InChI=1S/C10H8N2O3/c13-10(14)3-7-4-11-2-1-9(7)8-5-12-15-6-8/h1-2,4-6H,3H2,(H,13,14). The van der Waals surface area contributed by atoms with E-state index in [4.69, 9.17) is 9.63 Å². The van der Waals surface area contributed by atoms with Crippen molar-refractivity contribution in [3.05, 3.63) is 36.5 Å². The van der Waals surface area contributed by atoms with Crippen LogP contribution in [0.4, 0.5) is 0 Å². The molecule has 0 aliphatic rings. The molecule has 0 spiro atoms. The minimum absolute atomic E-state index is 0.0612. The van der Waals surface area contributed by atoms with Crippen molar-refractivity contribution in [3.8, 4) is 11.1 Å². The number of hydrogen-bond acceptors (Lipinski definition) is 4. The lowest BCUT2D eigenvalue weighted by atomic mass is 10.0. The zero-order valence-electron chi connectivity index (χ0n) is 7.75. The lowest BCUT2D eigenvalue weighted by molar-refractivity contribution is -0.136. The van der Waals surface area contributed by atoms with Crippen LogP contribution in [0.15, 0.2) is 35.4 Å². The van der Waals surface area contributed by atoms with Crippen LogP contribution in [0.25, 0.3) is 11.1 Å². The second-order valence-electron chi connectivity index (χ2n) is 3.02. The van der Waals surface area contributed by atoms with E-state index in [0.717, 1.165) is 11.1 Å². The van der Waals surface area contributed by atoms with E-state index in [0.29, 0.717) is 5.56 Å². The molecule has 2 aromatic heterocycles. The Morgan fingerprint density at radius 2 is 2.33 bits per heavy atom. The van der Waals surface area contributed by atoms with Crippen LogP contribution >= 0.6 is 0 Å². The molecule has 2 aromatic rings. The zero-order chi connectivity index (χ0) is 10.7. The van der Waals surface area contributed by atoms with Gasteiger partial charge in [0.2, 0.25) is 0 Å². The molecule has 2 heterocycles. The number of carboxylic acids is 1. The van der Waals surface area contributed by atoms with Crippen molar-refractivity contribution >= 4 is 5.97 Å². The van der Waals surface area contributed by atoms with Crippen LogP contribution in [0, 0.1) is 0 Å². The molecule has 0 saturated heterocycles. The van der Waals surface area contributed by atoms with E-state index in [9.17, 15) is 4.79 Å². The summed E-state index contributed by atoms with van der Waals surface area (Å²) >= 11 is 0.